The van der Waals surface area contributed by atoms with Crippen molar-refractivity contribution in [3.63, 3.8) is 0 Å². The first-order valence-corrected chi connectivity index (χ1v) is 6.94. The molecule has 1 aromatic rings. The highest BCUT2D eigenvalue weighted by atomic mass is 32.1. The fourth-order valence-corrected chi connectivity index (χ4v) is 2.76. The van der Waals surface area contributed by atoms with Crippen molar-refractivity contribution in [3.05, 3.63) is 22.4 Å². The van der Waals surface area contributed by atoms with Crippen molar-refractivity contribution in [2.24, 2.45) is 5.92 Å². The van der Waals surface area contributed by atoms with Crippen LogP contribution in [0.2, 0.25) is 0 Å². The fraction of sp³-hybridized carbons (Fsp3) is 0.692. The molecule has 0 fully saturated rings. The lowest BCUT2D eigenvalue weighted by Gasteiger charge is -2.21. The van der Waals surface area contributed by atoms with Gasteiger partial charge in [0.15, 0.2) is 0 Å². The van der Waals surface area contributed by atoms with Crippen molar-refractivity contribution < 1.29 is 5.11 Å². The predicted octanol–water partition coefficient (Wildman–Crippen LogP) is 3.20. The van der Waals surface area contributed by atoms with Crippen LogP contribution < -0.4 is 5.32 Å². The first kappa shape index (κ1) is 13.7. The number of nitrogens with one attached hydrogen (secondary N) is 1. The normalized spacial score (nSPS) is 15.3. The van der Waals surface area contributed by atoms with E-state index in [2.05, 4.69) is 36.7 Å². The zero-order chi connectivity index (χ0) is 12.0. The molecule has 2 atom stereocenters. The van der Waals surface area contributed by atoms with Gasteiger partial charge in [-0.1, -0.05) is 19.9 Å². The molecule has 1 rings (SSSR count). The van der Waals surface area contributed by atoms with E-state index in [-0.39, 0.29) is 6.10 Å². The number of aliphatic hydroxyl groups excluding tert-OH is 1. The zero-order valence-electron chi connectivity index (χ0n) is 10.4. The molecule has 0 aromatic carbocycles. The van der Waals surface area contributed by atoms with E-state index in [1.807, 2.05) is 18.3 Å². The maximum atomic E-state index is 9.19. The number of hydrogen-bond acceptors (Lipinski definition) is 3. The molecule has 0 aliphatic rings. The highest BCUT2D eigenvalue weighted by Gasteiger charge is 2.15. The van der Waals surface area contributed by atoms with E-state index in [4.69, 9.17) is 0 Å². The molecular weight excluding hydrogens is 218 g/mol. The number of rotatable bonds is 7. The second kappa shape index (κ2) is 7.05. The van der Waals surface area contributed by atoms with Crippen molar-refractivity contribution in [2.75, 3.05) is 6.54 Å². The minimum absolute atomic E-state index is 0.180. The molecular formula is C13H23NOS. The summed E-state index contributed by atoms with van der Waals surface area (Å²) in [7, 11) is 0. The Bertz CT molecular complexity index is 269. The Balaban J connectivity index is 2.35. The van der Waals surface area contributed by atoms with Crippen LogP contribution in [-0.2, 0) is 0 Å². The van der Waals surface area contributed by atoms with E-state index >= 15 is 0 Å². The van der Waals surface area contributed by atoms with Crippen molar-refractivity contribution in [3.8, 4) is 0 Å². The molecule has 3 heteroatoms. The van der Waals surface area contributed by atoms with Gasteiger partial charge in [-0.25, -0.2) is 0 Å². The number of hydrogen-bond donors (Lipinski definition) is 2. The molecule has 0 aliphatic heterocycles. The van der Waals surface area contributed by atoms with Crippen LogP contribution in [0.5, 0.6) is 0 Å². The van der Waals surface area contributed by atoms with Crippen LogP contribution in [-0.4, -0.2) is 17.8 Å². The molecule has 2 unspecified atom stereocenters. The van der Waals surface area contributed by atoms with Crippen LogP contribution in [0, 0.1) is 5.92 Å². The van der Waals surface area contributed by atoms with Gasteiger partial charge in [-0.15, -0.1) is 11.3 Å². The van der Waals surface area contributed by atoms with E-state index in [0.29, 0.717) is 12.0 Å². The summed E-state index contributed by atoms with van der Waals surface area (Å²) in [6.45, 7) is 7.31. The van der Waals surface area contributed by atoms with Gasteiger partial charge in [-0.2, -0.15) is 0 Å². The Morgan fingerprint density at radius 1 is 1.38 bits per heavy atom. The van der Waals surface area contributed by atoms with Gasteiger partial charge in [0.05, 0.1) is 6.10 Å². The standard InChI is InChI=1S/C13H23NOS/c1-10(2)13(12-7-5-9-16-12)14-8-4-6-11(3)15/h5,7,9-11,13-15H,4,6,8H2,1-3H3. The maximum Gasteiger partial charge on any atom is 0.0512 e. The third-order valence-corrected chi connectivity index (χ3v) is 3.63. The molecule has 0 saturated carbocycles. The van der Waals surface area contributed by atoms with Gasteiger partial charge in [-0.05, 0) is 43.7 Å². The van der Waals surface area contributed by atoms with Crippen LogP contribution in [0.25, 0.3) is 0 Å². The molecule has 1 aromatic heterocycles. The number of thiophene rings is 1. The van der Waals surface area contributed by atoms with Crippen LogP contribution in [0.15, 0.2) is 17.5 Å². The summed E-state index contributed by atoms with van der Waals surface area (Å²) < 4.78 is 0. The predicted molar refractivity (Wildman–Crippen MR) is 70.8 cm³/mol. The van der Waals surface area contributed by atoms with Gasteiger partial charge in [0.1, 0.15) is 0 Å². The highest BCUT2D eigenvalue weighted by Crippen LogP contribution is 2.25. The Morgan fingerprint density at radius 3 is 2.62 bits per heavy atom. The van der Waals surface area contributed by atoms with Crippen LogP contribution >= 0.6 is 11.3 Å². The lowest BCUT2D eigenvalue weighted by molar-refractivity contribution is 0.180. The summed E-state index contributed by atoms with van der Waals surface area (Å²) in [6.07, 6.45) is 1.73. The minimum Gasteiger partial charge on any atom is -0.393 e. The summed E-state index contributed by atoms with van der Waals surface area (Å²) in [4.78, 5) is 1.41. The summed E-state index contributed by atoms with van der Waals surface area (Å²) in [5.74, 6) is 0.602. The average Bonchev–Trinajstić information content (AvgIpc) is 2.69. The molecule has 0 spiro atoms. The summed E-state index contributed by atoms with van der Waals surface area (Å²) in [5.41, 5.74) is 0. The van der Waals surface area contributed by atoms with E-state index < -0.39 is 0 Å². The third kappa shape index (κ3) is 4.64. The van der Waals surface area contributed by atoms with Gasteiger partial charge in [0.25, 0.3) is 0 Å². The quantitative estimate of drug-likeness (QED) is 0.719. The first-order chi connectivity index (χ1) is 7.61. The second-order valence-electron chi connectivity index (χ2n) is 4.68. The van der Waals surface area contributed by atoms with E-state index in [1.54, 1.807) is 0 Å². The molecule has 92 valence electrons. The Kier molecular flexibility index (Phi) is 6.03. The van der Waals surface area contributed by atoms with Crippen molar-refractivity contribution >= 4 is 11.3 Å². The first-order valence-electron chi connectivity index (χ1n) is 6.06. The molecule has 0 amide bonds. The van der Waals surface area contributed by atoms with Crippen molar-refractivity contribution in [2.45, 2.75) is 45.8 Å². The molecule has 0 radical (unpaired) electrons. The number of aliphatic hydroxyl groups is 1. The summed E-state index contributed by atoms with van der Waals surface area (Å²) in [6, 6.07) is 4.75. The summed E-state index contributed by atoms with van der Waals surface area (Å²) in [5, 5.41) is 14.9. The topological polar surface area (TPSA) is 32.3 Å². The van der Waals surface area contributed by atoms with Gasteiger partial charge in [0, 0.05) is 10.9 Å². The van der Waals surface area contributed by atoms with Crippen LogP contribution in [0.1, 0.15) is 44.5 Å². The van der Waals surface area contributed by atoms with Crippen molar-refractivity contribution in [1.29, 1.82) is 0 Å². The molecule has 2 N–H and O–H groups in total. The van der Waals surface area contributed by atoms with Gasteiger partial charge in [-0.3, -0.25) is 0 Å². The average molecular weight is 241 g/mol. The molecule has 0 bridgehead atoms. The van der Waals surface area contributed by atoms with Gasteiger partial charge < -0.3 is 10.4 Å². The minimum atomic E-state index is -0.180. The maximum absolute atomic E-state index is 9.19. The van der Waals surface area contributed by atoms with Crippen LogP contribution in [0.4, 0.5) is 0 Å². The zero-order valence-corrected chi connectivity index (χ0v) is 11.3. The molecule has 0 aliphatic carbocycles. The molecule has 16 heavy (non-hydrogen) atoms. The monoisotopic (exact) mass is 241 g/mol. The van der Waals surface area contributed by atoms with Gasteiger partial charge >= 0.3 is 0 Å². The molecule has 0 saturated heterocycles. The van der Waals surface area contributed by atoms with Gasteiger partial charge in [0.2, 0.25) is 0 Å². The van der Waals surface area contributed by atoms with E-state index in [9.17, 15) is 5.11 Å². The summed E-state index contributed by atoms with van der Waals surface area (Å²) >= 11 is 1.81. The smallest absolute Gasteiger partial charge is 0.0512 e. The third-order valence-electron chi connectivity index (χ3n) is 2.68. The lowest BCUT2D eigenvalue weighted by Crippen LogP contribution is -2.26. The Labute approximate surface area is 103 Å². The second-order valence-corrected chi connectivity index (χ2v) is 5.66. The largest absolute Gasteiger partial charge is 0.393 e. The molecule has 2 nitrogen and oxygen atoms in total. The van der Waals surface area contributed by atoms with Crippen molar-refractivity contribution in [1.82, 2.24) is 5.32 Å². The Morgan fingerprint density at radius 2 is 2.12 bits per heavy atom. The highest BCUT2D eigenvalue weighted by molar-refractivity contribution is 7.10. The fourth-order valence-electron chi connectivity index (χ4n) is 1.79. The van der Waals surface area contributed by atoms with Crippen LogP contribution in [0.3, 0.4) is 0 Å². The Hall–Kier alpha value is -0.380. The SMILES string of the molecule is CC(O)CCCNC(c1cccs1)C(C)C. The lowest BCUT2D eigenvalue weighted by atomic mass is 10.0. The van der Waals surface area contributed by atoms with E-state index in [0.717, 1.165) is 19.4 Å². The molecule has 1 heterocycles. The van der Waals surface area contributed by atoms with E-state index in [1.165, 1.54) is 4.88 Å².